The Morgan fingerprint density at radius 3 is 2.58 bits per heavy atom. The van der Waals surface area contributed by atoms with Crippen molar-refractivity contribution in [2.24, 2.45) is 0 Å². The third-order valence-corrected chi connectivity index (χ3v) is 5.25. The van der Waals surface area contributed by atoms with Gasteiger partial charge in [0, 0.05) is 24.4 Å². The van der Waals surface area contributed by atoms with E-state index < -0.39 is 5.60 Å². The fraction of sp³-hybridized carbons (Fsp3) is 0.500. The fourth-order valence-corrected chi connectivity index (χ4v) is 3.86. The van der Waals surface area contributed by atoms with Gasteiger partial charge < -0.3 is 14.4 Å². The number of carbonyl (C=O) groups is 1. The van der Waals surface area contributed by atoms with Gasteiger partial charge in [-0.15, -0.1) is 11.3 Å². The molecule has 0 radical (unpaired) electrons. The zero-order chi connectivity index (χ0) is 18.6. The van der Waals surface area contributed by atoms with Gasteiger partial charge in [-0.2, -0.15) is 0 Å². The average molecular weight is 375 g/mol. The Hall–Kier alpha value is -2.08. The zero-order valence-corrected chi connectivity index (χ0v) is 16.4. The first-order chi connectivity index (χ1) is 12.4. The molecule has 3 rings (SSSR count). The number of ether oxygens (including phenoxy) is 2. The standard InChI is InChI=1S/C20H26N2O3S/c1-20(2,3)25-19(23)22-11-9-15(10-12-22)18-21-16(14-26-18)13-24-17-7-5-4-6-8-17/h4-8,14-15H,9-13H2,1-3H3. The monoisotopic (exact) mass is 374 g/mol. The predicted molar refractivity (Wildman–Crippen MR) is 103 cm³/mol. The summed E-state index contributed by atoms with van der Waals surface area (Å²) >= 11 is 1.69. The van der Waals surface area contributed by atoms with Crippen LogP contribution < -0.4 is 4.74 Å². The maximum Gasteiger partial charge on any atom is 0.410 e. The number of piperidine rings is 1. The number of nitrogens with zero attached hydrogens (tertiary/aromatic N) is 2. The summed E-state index contributed by atoms with van der Waals surface area (Å²) in [4.78, 5) is 18.7. The molecule has 6 heteroatoms. The molecule has 2 heterocycles. The highest BCUT2D eigenvalue weighted by atomic mass is 32.1. The third kappa shape index (κ3) is 5.21. The molecular formula is C20H26N2O3S. The molecule has 1 aliphatic heterocycles. The minimum atomic E-state index is -0.448. The summed E-state index contributed by atoms with van der Waals surface area (Å²) < 4.78 is 11.2. The summed E-state index contributed by atoms with van der Waals surface area (Å²) in [7, 11) is 0. The first kappa shape index (κ1) is 18.7. The Labute approximate surface area is 159 Å². The van der Waals surface area contributed by atoms with E-state index in [1.165, 1.54) is 0 Å². The second kappa shape index (κ2) is 8.08. The fourth-order valence-electron chi connectivity index (χ4n) is 2.89. The number of hydrogen-bond acceptors (Lipinski definition) is 5. The Balaban J connectivity index is 1.49. The lowest BCUT2D eigenvalue weighted by molar-refractivity contribution is 0.0205. The van der Waals surface area contributed by atoms with E-state index in [4.69, 9.17) is 14.5 Å². The Bertz CT molecular complexity index is 716. The number of likely N-dealkylation sites (tertiary alicyclic amines) is 1. The molecule has 26 heavy (non-hydrogen) atoms. The number of aromatic nitrogens is 1. The van der Waals surface area contributed by atoms with Crippen LogP contribution in [-0.4, -0.2) is 34.7 Å². The van der Waals surface area contributed by atoms with E-state index in [2.05, 4.69) is 5.38 Å². The molecule has 1 fully saturated rings. The van der Waals surface area contributed by atoms with Gasteiger partial charge in [0.15, 0.2) is 0 Å². The summed E-state index contributed by atoms with van der Waals surface area (Å²) in [6, 6.07) is 9.78. The van der Waals surface area contributed by atoms with Gasteiger partial charge in [-0.1, -0.05) is 18.2 Å². The number of benzene rings is 1. The van der Waals surface area contributed by atoms with E-state index in [1.54, 1.807) is 16.2 Å². The summed E-state index contributed by atoms with van der Waals surface area (Å²) in [5.74, 6) is 1.26. The molecule has 140 valence electrons. The van der Waals surface area contributed by atoms with Crippen molar-refractivity contribution >= 4 is 17.4 Å². The van der Waals surface area contributed by atoms with Crippen molar-refractivity contribution in [2.75, 3.05) is 13.1 Å². The van der Waals surface area contributed by atoms with Crippen molar-refractivity contribution in [1.82, 2.24) is 9.88 Å². The smallest absolute Gasteiger partial charge is 0.410 e. The molecule has 0 spiro atoms. The average Bonchev–Trinajstić information content (AvgIpc) is 3.08. The van der Waals surface area contributed by atoms with E-state index >= 15 is 0 Å². The number of amides is 1. The van der Waals surface area contributed by atoms with E-state index in [1.807, 2.05) is 51.1 Å². The predicted octanol–water partition coefficient (Wildman–Crippen LogP) is 4.84. The first-order valence-electron chi connectivity index (χ1n) is 9.01. The van der Waals surface area contributed by atoms with E-state index in [-0.39, 0.29) is 6.09 Å². The minimum absolute atomic E-state index is 0.216. The molecule has 0 unspecified atom stereocenters. The van der Waals surface area contributed by atoms with Crippen molar-refractivity contribution < 1.29 is 14.3 Å². The van der Waals surface area contributed by atoms with Crippen molar-refractivity contribution in [3.8, 4) is 5.75 Å². The van der Waals surface area contributed by atoms with Gasteiger partial charge in [-0.05, 0) is 45.7 Å². The van der Waals surface area contributed by atoms with Crippen LogP contribution in [0, 0.1) is 0 Å². The first-order valence-corrected chi connectivity index (χ1v) is 9.89. The Morgan fingerprint density at radius 1 is 1.23 bits per heavy atom. The Morgan fingerprint density at radius 2 is 1.92 bits per heavy atom. The maximum atomic E-state index is 12.2. The highest BCUT2D eigenvalue weighted by Gasteiger charge is 2.28. The SMILES string of the molecule is CC(C)(C)OC(=O)N1CCC(c2nc(COc3ccccc3)cs2)CC1. The van der Waals surface area contributed by atoms with Crippen molar-refractivity contribution in [2.45, 2.75) is 51.7 Å². The zero-order valence-electron chi connectivity index (χ0n) is 15.6. The van der Waals surface area contributed by atoms with Crippen molar-refractivity contribution in [3.05, 3.63) is 46.4 Å². The van der Waals surface area contributed by atoms with E-state index in [9.17, 15) is 4.79 Å². The number of para-hydroxylation sites is 1. The number of thiazole rings is 1. The second-order valence-electron chi connectivity index (χ2n) is 7.52. The number of rotatable bonds is 4. The highest BCUT2D eigenvalue weighted by molar-refractivity contribution is 7.09. The quantitative estimate of drug-likeness (QED) is 0.769. The molecule has 0 atom stereocenters. The summed E-state index contributed by atoms with van der Waals surface area (Å²) in [6.45, 7) is 7.60. The maximum absolute atomic E-state index is 12.2. The van der Waals surface area contributed by atoms with Crippen LogP contribution in [0.3, 0.4) is 0 Å². The Kier molecular flexibility index (Phi) is 5.81. The van der Waals surface area contributed by atoms with Crippen LogP contribution in [0.25, 0.3) is 0 Å². The summed E-state index contributed by atoms with van der Waals surface area (Å²) in [6.07, 6.45) is 1.63. The number of carbonyl (C=O) groups excluding carboxylic acids is 1. The van der Waals surface area contributed by atoms with Crippen LogP contribution in [0.5, 0.6) is 5.75 Å². The van der Waals surface area contributed by atoms with Crippen LogP contribution in [0.2, 0.25) is 0 Å². The van der Waals surface area contributed by atoms with Crippen LogP contribution >= 0.6 is 11.3 Å². The van der Waals surface area contributed by atoms with Crippen molar-refractivity contribution in [3.63, 3.8) is 0 Å². The molecule has 0 saturated carbocycles. The van der Waals surface area contributed by atoms with Gasteiger partial charge in [0.1, 0.15) is 18.0 Å². The highest BCUT2D eigenvalue weighted by Crippen LogP contribution is 2.31. The molecule has 2 aromatic rings. The second-order valence-corrected chi connectivity index (χ2v) is 8.41. The molecule has 0 aliphatic carbocycles. The van der Waals surface area contributed by atoms with Crippen LogP contribution in [-0.2, 0) is 11.3 Å². The van der Waals surface area contributed by atoms with Gasteiger partial charge >= 0.3 is 6.09 Å². The molecule has 1 amide bonds. The lowest BCUT2D eigenvalue weighted by atomic mass is 9.98. The lowest BCUT2D eigenvalue weighted by Gasteiger charge is -2.32. The van der Waals surface area contributed by atoms with Gasteiger partial charge in [-0.3, -0.25) is 0 Å². The largest absolute Gasteiger partial charge is 0.487 e. The molecule has 1 aromatic heterocycles. The summed E-state index contributed by atoms with van der Waals surface area (Å²) in [5.41, 5.74) is 0.514. The molecule has 0 N–H and O–H groups in total. The molecule has 0 bridgehead atoms. The van der Waals surface area contributed by atoms with Gasteiger partial charge in [0.2, 0.25) is 0 Å². The third-order valence-electron chi connectivity index (χ3n) is 4.20. The molecular weight excluding hydrogens is 348 g/mol. The topological polar surface area (TPSA) is 51.7 Å². The van der Waals surface area contributed by atoms with Gasteiger partial charge in [0.25, 0.3) is 0 Å². The summed E-state index contributed by atoms with van der Waals surface area (Å²) in [5, 5.41) is 3.21. The normalized spacial score (nSPS) is 15.7. The molecule has 1 aliphatic rings. The lowest BCUT2D eigenvalue weighted by Crippen LogP contribution is -2.41. The molecule has 5 nitrogen and oxygen atoms in total. The van der Waals surface area contributed by atoms with Crippen LogP contribution in [0.4, 0.5) is 4.79 Å². The van der Waals surface area contributed by atoms with Crippen molar-refractivity contribution in [1.29, 1.82) is 0 Å². The molecule has 1 saturated heterocycles. The van der Waals surface area contributed by atoms with Crippen LogP contribution in [0.1, 0.15) is 50.2 Å². The minimum Gasteiger partial charge on any atom is -0.487 e. The molecule has 1 aromatic carbocycles. The van der Waals surface area contributed by atoms with Gasteiger partial charge in [0.05, 0.1) is 10.7 Å². The van der Waals surface area contributed by atoms with E-state index in [0.29, 0.717) is 12.5 Å². The van der Waals surface area contributed by atoms with Gasteiger partial charge in [-0.25, -0.2) is 9.78 Å². The van der Waals surface area contributed by atoms with E-state index in [0.717, 1.165) is 42.4 Å². The van der Waals surface area contributed by atoms with Crippen LogP contribution in [0.15, 0.2) is 35.7 Å². The number of hydrogen-bond donors (Lipinski definition) is 0.